The molecule has 6 heteroatoms. The standard InChI is InChI=1S/C60H70N2O4/c1-3-5-7-9-11-13-15-19-25-37-33-39-35-46-53-54(60(66)62(58(46)64)41-28-22-18-23-29-41)42(30-24-16-14-12-10-8-6-4-2)43-32-31-38-34-45-50-47(59(65)61(57(45)63)40-26-20-17-21-27-40)36-44(37)52-49(39)56(53)51(43)48(38)55(50)52/h31-36,40-41H,3-30H2,1-2H3. The summed E-state index contributed by atoms with van der Waals surface area (Å²) in [5.41, 5.74) is 1.75. The third-order valence-electron chi connectivity index (χ3n) is 17.0. The molecule has 9 aromatic rings. The van der Waals surface area contributed by atoms with Crippen molar-refractivity contribution in [3.8, 4) is 0 Å². The van der Waals surface area contributed by atoms with Gasteiger partial charge in [-0.2, -0.15) is 0 Å². The predicted molar refractivity (Wildman–Crippen MR) is 280 cm³/mol. The zero-order chi connectivity index (χ0) is 45.1. The molecular weight excluding hydrogens is 813 g/mol. The van der Waals surface area contributed by atoms with E-state index in [9.17, 15) is 4.79 Å². The summed E-state index contributed by atoms with van der Waals surface area (Å²) in [4.78, 5) is 60.7. The molecule has 0 radical (unpaired) electrons. The van der Waals surface area contributed by atoms with Gasteiger partial charge in [-0.25, -0.2) is 0 Å². The van der Waals surface area contributed by atoms with Crippen LogP contribution in [0.25, 0.3) is 86.2 Å². The van der Waals surface area contributed by atoms with Crippen molar-refractivity contribution >= 4 is 86.2 Å². The lowest BCUT2D eigenvalue weighted by molar-refractivity contribution is 0.342. The van der Waals surface area contributed by atoms with Crippen LogP contribution in [-0.4, -0.2) is 9.13 Å². The largest absolute Gasteiger partial charge is 0.271 e. The number of nitrogens with zero attached hydrogens (tertiary/aromatic N) is 2. The third kappa shape index (κ3) is 7.08. The summed E-state index contributed by atoms with van der Waals surface area (Å²) >= 11 is 0. The van der Waals surface area contributed by atoms with Crippen molar-refractivity contribution in [3.05, 3.63) is 88.9 Å². The zero-order valence-electron chi connectivity index (χ0n) is 39.9. The molecule has 6 nitrogen and oxygen atoms in total. The van der Waals surface area contributed by atoms with Crippen LogP contribution >= 0.6 is 0 Å². The van der Waals surface area contributed by atoms with E-state index in [-0.39, 0.29) is 34.3 Å². The lowest BCUT2D eigenvalue weighted by Gasteiger charge is -2.28. The van der Waals surface area contributed by atoms with Gasteiger partial charge in [0.1, 0.15) is 0 Å². The maximum absolute atomic E-state index is 15.4. The first kappa shape index (κ1) is 43.7. The number of benzene rings is 7. The van der Waals surface area contributed by atoms with E-state index in [1.807, 2.05) is 0 Å². The van der Waals surface area contributed by atoms with Crippen molar-refractivity contribution in [1.82, 2.24) is 9.13 Å². The average Bonchev–Trinajstić information content (AvgIpc) is 3.34. The minimum absolute atomic E-state index is 0.0815. The fourth-order valence-electron chi connectivity index (χ4n) is 13.8. The molecule has 66 heavy (non-hydrogen) atoms. The minimum atomic E-state index is -0.155. The number of rotatable bonds is 20. The van der Waals surface area contributed by atoms with E-state index in [0.717, 1.165) is 178 Å². The molecule has 0 saturated heterocycles. The Morgan fingerprint density at radius 3 is 1.44 bits per heavy atom. The average molecular weight is 883 g/mol. The number of aromatic nitrogens is 2. The molecule has 2 aliphatic carbocycles. The number of pyridine rings is 2. The van der Waals surface area contributed by atoms with Crippen LogP contribution in [0.2, 0.25) is 0 Å². The van der Waals surface area contributed by atoms with E-state index >= 15 is 14.4 Å². The van der Waals surface area contributed by atoms with E-state index in [1.54, 1.807) is 9.13 Å². The molecule has 11 rings (SSSR count). The Hall–Kier alpha value is -4.84. The van der Waals surface area contributed by atoms with E-state index in [2.05, 4.69) is 50.2 Å². The van der Waals surface area contributed by atoms with Crippen molar-refractivity contribution in [3.63, 3.8) is 0 Å². The van der Waals surface area contributed by atoms with Crippen LogP contribution in [0.15, 0.2) is 55.6 Å². The molecule has 0 unspecified atom stereocenters. The Bertz CT molecular complexity index is 3380. The van der Waals surface area contributed by atoms with Gasteiger partial charge < -0.3 is 0 Å². The Morgan fingerprint density at radius 2 is 0.833 bits per heavy atom. The summed E-state index contributed by atoms with van der Waals surface area (Å²) in [6.45, 7) is 4.53. The maximum atomic E-state index is 15.4. The lowest BCUT2D eigenvalue weighted by atomic mass is 9.77. The number of hydrogen-bond donors (Lipinski definition) is 0. The lowest BCUT2D eigenvalue weighted by Crippen LogP contribution is -2.38. The van der Waals surface area contributed by atoms with Gasteiger partial charge in [0.25, 0.3) is 22.2 Å². The second kappa shape index (κ2) is 18.3. The van der Waals surface area contributed by atoms with E-state index < -0.39 is 0 Å². The molecule has 344 valence electrons. The quantitative estimate of drug-likeness (QED) is 0.0434. The molecule has 0 aliphatic heterocycles. The Balaban J connectivity index is 1.20. The van der Waals surface area contributed by atoms with Gasteiger partial charge in [-0.1, -0.05) is 160 Å². The molecule has 0 bridgehead atoms. The van der Waals surface area contributed by atoms with Gasteiger partial charge in [0.05, 0.1) is 5.39 Å². The zero-order valence-corrected chi connectivity index (χ0v) is 39.9. The van der Waals surface area contributed by atoms with Crippen LogP contribution in [0, 0.1) is 0 Å². The fourth-order valence-corrected chi connectivity index (χ4v) is 13.8. The Morgan fingerprint density at radius 1 is 0.379 bits per heavy atom. The highest BCUT2D eigenvalue weighted by Gasteiger charge is 2.32. The van der Waals surface area contributed by atoms with Crippen LogP contribution < -0.4 is 22.2 Å². The first-order chi connectivity index (χ1) is 32.4. The van der Waals surface area contributed by atoms with Crippen LogP contribution in [0.3, 0.4) is 0 Å². The summed E-state index contributed by atoms with van der Waals surface area (Å²) in [5, 5.41) is 15.0. The van der Waals surface area contributed by atoms with Crippen LogP contribution in [0.1, 0.15) is 204 Å². The van der Waals surface area contributed by atoms with Gasteiger partial charge in [-0.05, 0) is 124 Å². The van der Waals surface area contributed by atoms with Gasteiger partial charge >= 0.3 is 0 Å². The topological polar surface area (TPSA) is 78.1 Å². The maximum Gasteiger partial charge on any atom is 0.261 e. The summed E-state index contributed by atoms with van der Waals surface area (Å²) in [5.74, 6) is 0. The molecule has 2 aliphatic rings. The number of unbranched alkanes of at least 4 members (excludes halogenated alkanes) is 14. The molecule has 0 atom stereocenters. The third-order valence-corrected chi connectivity index (χ3v) is 17.0. The van der Waals surface area contributed by atoms with Gasteiger partial charge in [-0.3, -0.25) is 28.3 Å². The molecule has 2 aromatic heterocycles. The molecule has 2 heterocycles. The summed E-state index contributed by atoms with van der Waals surface area (Å²) < 4.78 is 3.34. The summed E-state index contributed by atoms with van der Waals surface area (Å²) in [7, 11) is 0. The molecule has 2 fully saturated rings. The van der Waals surface area contributed by atoms with Crippen molar-refractivity contribution in [1.29, 1.82) is 0 Å². The highest BCUT2D eigenvalue weighted by atomic mass is 16.2. The first-order valence-corrected chi connectivity index (χ1v) is 27.0. The molecule has 0 spiro atoms. The Kier molecular flexibility index (Phi) is 12.1. The first-order valence-electron chi connectivity index (χ1n) is 27.0. The van der Waals surface area contributed by atoms with Crippen molar-refractivity contribution < 1.29 is 0 Å². The predicted octanol–water partition coefficient (Wildman–Crippen LogP) is 15.5. The smallest absolute Gasteiger partial charge is 0.261 e. The van der Waals surface area contributed by atoms with E-state index in [0.29, 0.717) is 16.2 Å². The number of hydrogen-bond acceptors (Lipinski definition) is 4. The highest BCUT2D eigenvalue weighted by Crippen LogP contribution is 2.53. The van der Waals surface area contributed by atoms with Gasteiger partial charge in [0.2, 0.25) is 0 Å². The molecule has 7 aromatic carbocycles. The van der Waals surface area contributed by atoms with Gasteiger partial charge in [0, 0.05) is 49.8 Å². The SMILES string of the molecule is CCCCCCCCCCc1cc2cc3c(=O)n(C4CCCCC4)c(=O)c4c(CCCCCCCCCC)c5ccc6cc7c(=O)n(C8CCCCC8)c(=O)c8cc1c1c2c(c34)c5c6c1c78. The fraction of sp³-hybridized carbons (Fsp3) is 0.533. The molecular formula is C60H70N2O4. The van der Waals surface area contributed by atoms with Gasteiger partial charge in [0.15, 0.2) is 0 Å². The highest BCUT2D eigenvalue weighted by molar-refractivity contribution is 6.50. The van der Waals surface area contributed by atoms with Gasteiger partial charge in [-0.15, -0.1) is 0 Å². The normalized spacial score (nSPS) is 16.0. The van der Waals surface area contributed by atoms with E-state index in [1.165, 1.54) is 82.6 Å². The monoisotopic (exact) mass is 883 g/mol. The van der Waals surface area contributed by atoms with Crippen molar-refractivity contribution in [2.75, 3.05) is 0 Å². The Labute approximate surface area is 388 Å². The minimum Gasteiger partial charge on any atom is -0.271 e. The van der Waals surface area contributed by atoms with Crippen LogP contribution in [0.4, 0.5) is 0 Å². The van der Waals surface area contributed by atoms with Crippen LogP contribution in [0.5, 0.6) is 0 Å². The summed E-state index contributed by atoms with van der Waals surface area (Å²) in [6.07, 6.45) is 31.0. The second-order valence-electron chi connectivity index (χ2n) is 21.3. The van der Waals surface area contributed by atoms with Crippen LogP contribution in [-0.2, 0) is 12.8 Å². The van der Waals surface area contributed by atoms with E-state index in [4.69, 9.17) is 0 Å². The molecule has 2 saturated carbocycles. The van der Waals surface area contributed by atoms with Crippen molar-refractivity contribution in [2.45, 2.75) is 206 Å². The number of aryl methyl sites for hydroxylation is 2. The molecule has 0 amide bonds. The summed E-state index contributed by atoms with van der Waals surface area (Å²) in [6, 6.07) is 13.0. The molecule has 0 N–H and O–H groups in total. The van der Waals surface area contributed by atoms with Crippen molar-refractivity contribution in [2.24, 2.45) is 0 Å². The second-order valence-corrected chi connectivity index (χ2v) is 21.3.